The molecule has 2 rings (SSSR count). The van der Waals surface area contributed by atoms with Gasteiger partial charge < -0.3 is 0 Å². The molecule has 0 spiro atoms. The van der Waals surface area contributed by atoms with E-state index in [9.17, 15) is 9.00 Å². The molecule has 0 aliphatic heterocycles. The van der Waals surface area contributed by atoms with Crippen molar-refractivity contribution in [2.75, 3.05) is 0 Å². The maximum atomic E-state index is 12.6. The van der Waals surface area contributed by atoms with Gasteiger partial charge in [-0.05, 0) is 37.6 Å². The van der Waals surface area contributed by atoms with Crippen LogP contribution in [0.2, 0.25) is 0 Å². The molecule has 1 unspecified atom stereocenters. The number of fused-ring (bicyclic) bond motifs is 1. The molecule has 94 valence electrons. The smallest absolute Gasteiger partial charge is 0.151 e. The summed E-state index contributed by atoms with van der Waals surface area (Å²) in [6, 6.07) is 11.4. The van der Waals surface area contributed by atoms with Gasteiger partial charge in [0.1, 0.15) is 0 Å². The number of carbonyl (C=O) groups excluding carboxylic acids is 1. The molecular weight excluding hydrogens is 244 g/mol. The van der Waals surface area contributed by atoms with Crippen LogP contribution >= 0.6 is 0 Å². The minimum absolute atomic E-state index is 0.387. The number of hydrogen-bond donors (Lipinski definition) is 0. The van der Waals surface area contributed by atoms with Gasteiger partial charge in [0.05, 0.1) is 15.7 Å². The molecule has 0 aliphatic carbocycles. The van der Waals surface area contributed by atoms with E-state index in [0.717, 1.165) is 17.1 Å². The van der Waals surface area contributed by atoms with Crippen molar-refractivity contribution >= 4 is 27.9 Å². The third-order valence-corrected chi connectivity index (χ3v) is 4.72. The second-order valence-electron chi connectivity index (χ2n) is 5.20. The molecule has 0 heterocycles. The lowest BCUT2D eigenvalue weighted by Crippen LogP contribution is -2.23. The number of hydrogen-bond acceptors (Lipinski definition) is 2. The molecule has 0 fully saturated rings. The maximum Gasteiger partial charge on any atom is 0.151 e. The van der Waals surface area contributed by atoms with Crippen molar-refractivity contribution in [3.05, 3.63) is 42.0 Å². The van der Waals surface area contributed by atoms with Crippen molar-refractivity contribution in [1.82, 2.24) is 0 Å². The van der Waals surface area contributed by atoms with E-state index in [2.05, 4.69) is 0 Å². The fourth-order valence-corrected chi connectivity index (χ4v) is 3.19. The largest absolute Gasteiger partial charge is 0.298 e. The van der Waals surface area contributed by atoms with Gasteiger partial charge in [0, 0.05) is 10.3 Å². The Morgan fingerprint density at radius 2 is 1.72 bits per heavy atom. The third-order valence-electron chi connectivity index (χ3n) is 2.78. The summed E-state index contributed by atoms with van der Waals surface area (Å²) < 4.78 is 12.2. The summed E-state index contributed by atoms with van der Waals surface area (Å²) in [6.07, 6.45) is 0.783. The zero-order valence-corrected chi connectivity index (χ0v) is 11.6. The Morgan fingerprint density at radius 1 is 1.06 bits per heavy atom. The quantitative estimate of drug-likeness (QED) is 0.774. The van der Waals surface area contributed by atoms with E-state index in [-0.39, 0.29) is 4.75 Å². The van der Waals surface area contributed by atoms with Gasteiger partial charge in [-0.15, -0.1) is 0 Å². The molecule has 2 aromatic carbocycles. The first-order valence-electron chi connectivity index (χ1n) is 5.84. The first-order valence-corrected chi connectivity index (χ1v) is 6.99. The predicted molar refractivity (Wildman–Crippen MR) is 75.5 cm³/mol. The normalized spacial score (nSPS) is 13.5. The summed E-state index contributed by atoms with van der Waals surface area (Å²) >= 11 is 0. The van der Waals surface area contributed by atoms with Crippen molar-refractivity contribution in [3.8, 4) is 0 Å². The van der Waals surface area contributed by atoms with E-state index in [4.69, 9.17) is 0 Å². The number of benzene rings is 2. The second kappa shape index (κ2) is 4.65. The Balaban J connectivity index is 2.81. The zero-order valence-electron chi connectivity index (χ0n) is 10.8. The van der Waals surface area contributed by atoms with E-state index >= 15 is 0 Å². The molecule has 2 nitrogen and oxygen atoms in total. The lowest BCUT2D eigenvalue weighted by atomic mass is 10.1. The van der Waals surface area contributed by atoms with Crippen LogP contribution in [0, 0.1) is 0 Å². The number of aldehydes is 1. The van der Waals surface area contributed by atoms with Crippen molar-refractivity contribution in [1.29, 1.82) is 0 Å². The van der Waals surface area contributed by atoms with Gasteiger partial charge in [0.2, 0.25) is 0 Å². The number of rotatable bonds is 2. The maximum absolute atomic E-state index is 12.6. The molecule has 2 aromatic rings. The first-order chi connectivity index (χ1) is 8.45. The molecule has 3 heteroatoms. The molecule has 18 heavy (non-hydrogen) atoms. The van der Waals surface area contributed by atoms with E-state index in [1.807, 2.05) is 51.1 Å². The van der Waals surface area contributed by atoms with Crippen LogP contribution in [0.15, 0.2) is 41.3 Å². The molecule has 0 saturated carbocycles. The van der Waals surface area contributed by atoms with Gasteiger partial charge >= 0.3 is 0 Å². The summed E-state index contributed by atoms with van der Waals surface area (Å²) in [5.41, 5.74) is 0.516. The highest BCUT2D eigenvalue weighted by molar-refractivity contribution is 7.86. The minimum Gasteiger partial charge on any atom is -0.298 e. The fraction of sp³-hybridized carbons (Fsp3) is 0.267. The van der Waals surface area contributed by atoms with E-state index in [1.165, 1.54) is 0 Å². The predicted octanol–water partition coefficient (Wildman–Crippen LogP) is 3.56. The minimum atomic E-state index is -1.22. The fourth-order valence-electron chi connectivity index (χ4n) is 1.87. The molecule has 0 radical (unpaired) electrons. The summed E-state index contributed by atoms with van der Waals surface area (Å²) in [4.78, 5) is 11.8. The van der Waals surface area contributed by atoms with Crippen LogP contribution in [0.3, 0.4) is 0 Å². The average Bonchev–Trinajstić information content (AvgIpc) is 2.35. The monoisotopic (exact) mass is 260 g/mol. The topological polar surface area (TPSA) is 34.1 Å². The molecule has 0 N–H and O–H groups in total. The van der Waals surface area contributed by atoms with Crippen LogP contribution in [0.5, 0.6) is 0 Å². The molecule has 0 bridgehead atoms. The summed E-state index contributed by atoms with van der Waals surface area (Å²) in [7, 11) is -1.22. The van der Waals surface area contributed by atoms with E-state index in [1.54, 1.807) is 6.07 Å². The van der Waals surface area contributed by atoms with Crippen molar-refractivity contribution in [3.63, 3.8) is 0 Å². The summed E-state index contributed by atoms with van der Waals surface area (Å²) in [6.45, 7) is 5.75. The highest BCUT2D eigenvalue weighted by Crippen LogP contribution is 2.30. The SMILES string of the molecule is CC(C)(C)S(=O)c1c(C=O)ccc2ccccc12. The lowest BCUT2D eigenvalue weighted by Gasteiger charge is -2.20. The lowest BCUT2D eigenvalue weighted by molar-refractivity contribution is 0.112. The van der Waals surface area contributed by atoms with E-state index < -0.39 is 10.8 Å². The molecule has 0 aromatic heterocycles. The Labute approximate surface area is 109 Å². The Bertz CT molecular complexity index is 624. The highest BCUT2D eigenvalue weighted by atomic mass is 32.2. The van der Waals surface area contributed by atoms with Gasteiger partial charge in [0.25, 0.3) is 0 Å². The average molecular weight is 260 g/mol. The Kier molecular flexibility index (Phi) is 3.35. The highest BCUT2D eigenvalue weighted by Gasteiger charge is 2.25. The van der Waals surface area contributed by atoms with Gasteiger partial charge in [-0.3, -0.25) is 9.00 Å². The number of carbonyl (C=O) groups is 1. The van der Waals surface area contributed by atoms with Crippen molar-refractivity contribution < 1.29 is 9.00 Å². The molecule has 0 saturated heterocycles. The van der Waals surface area contributed by atoms with Gasteiger partial charge in [0.15, 0.2) is 6.29 Å². The van der Waals surface area contributed by atoms with E-state index in [0.29, 0.717) is 10.5 Å². The molecular formula is C15H16O2S. The van der Waals surface area contributed by atoms with Crippen LogP contribution in [0.1, 0.15) is 31.1 Å². The molecule has 0 amide bonds. The van der Waals surface area contributed by atoms with Gasteiger partial charge in [-0.2, -0.15) is 0 Å². The van der Waals surface area contributed by atoms with Gasteiger partial charge in [-0.1, -0.05) is 30.3 Å². The molecule has 0 aliphatic rings. The third kappa shape index (κ3) is 2.23. The van der Waals surface area contributed by atoms with Crippen molar-refractivity contribution in [2.45, 2.75) is 30.4 Å². The van der Waals surface area contributed by atoms with Crippen LogP contribution in [0.25, 0.3) is 10.8 Å². The van der Waals surface area contributed by atoms with Crippen molar-refractivity contribution in [2.24, 2.45) is 0 Å². The van der Waals surface area contributed by atoms with Crippen LogP contribution in [-0.2, 0) is 10.8 Å². The molecule has 1 atom stereocenters. The summed E-state index contributed by atoms with van der Waals surface area (Å²) in [5, 5.41) is 1.91. The van der Waals surface area contributed by atoms with Gasteiger partial charge in [-0.25, -0.2) is 0 Å². The first kappa shape index (κ1) is 13.0. The van der Waals surface area contributed by atoms with Crippen LogP contribution < -0.4 is 0 Å². The Hall–Kier alpha value is -1.48. The van der Waals surface area contributed by atoms with Crippen LogP contribution in [-0.4, -0.2) is 15.2 Å². The second-order valence-corrected chi connectivity index (χ2v) is 7.37. The standard InChI is InChI=1S/C15H16O2S/c1-15(2,3)18(17)14-12(10-16)9-8-11-6-4-5-7-13(11)14/h4-10H,1-3H3. The van der Waals surface area contributed by atoms with Crippen LogP contribution in [0.4, 0.5) is 0 Å². The zero-order chi connectivity index (χ0) is 13.3. The Morgan fingerprint density at radius 3 is 2.33 bits per heavy atom. The summed E-state index contributed by atoms with van der Waals surface area (Å²) in [5.74, 6) is 0.